The van der Waals surface area contributed by atoms with Gasteiger partial charge >= 0.3 is 0 Å². The first kappa shape index (κ1) is 16.5. The highest BCUT2D eigenvalue weighted by Gasteiger charge is 2.34. The number of morpholine rings is 1. The van der Waals surface area contributed by atoms with Crippen molar-refractivity contribution in [2.24, 2.45) is 5.92 Å². The summed E-state index contributed by atoms with van der Waals surface area (Å²) in [5, 5.41) is 1.12. The summed E-state index contributed by atoms with van der Waals surface area (Å²) in [5.74, 6) is 1.05. The molecule has 0 aromatic carbocycles. The molecule has 2 bridgehead atoms. The molecule has 0 unspecified atom stereocenters. The first-order valence-corrected chi connectivity index (χ1v) is 10.3. The van der Waals surface area contributed by atoms with Gasteiger partial charge in [0.2, 0.25) is 0 Å². The SMILES string of the molecule is O=c1cccc2n1C[C@H]1C[C@H]2CN(Cc2cnc(N3CCOCC3)s2)C1. The lowest BCUT2D eigenvalue weighted by molar-refractivity contribution is 0.115. The average Bonchev–Trinajstić information content (AvgIpc) is 3.12. The van der Waals surface area contributed by atoms with E-state index < -0.39 is 0 Å². The van der Waals surface area contributed by atoms with Crippen molar-refractivity contribution in [2.45, 2.75) is 25.4 Å². The Morgan fingerprint density at radius 3 is 2.96 bits per heavy atom. The zero-order valence-corrected chi connectivity index (χ0v) is 15.7. The molecule has 2 atom stereocenters. The highest BCUT2D eigenvalue weighted by atomic mass is 32.1. The Morgan fingerprint density at radius 2 is 2.08 bits per heavy atom. The Labute approximate surface area is 157 Å². The minimum Gasteiger partial charge on any atom is -0.378 e. The molecule has 3 aliphatic rings. The van der Waals surface area contributed by atoms with Crippen LogP contribution in [0.5, 0.6) is 0 Å². The summed E-state index contributed by atoms with van der Waals surface area (Å²) in [6.07, 6.45) is 3.25. The molecule has 138 valence electrons. The molecule has 2 aromatic heterocycles. The van der Waals surface area contributed by atoms with Gasteiger partial charge in [0.05, 0.1) is 13.2 Å². The average molecular weight is 372 g/mol. The number of pyridine rings is 1. The van der Waals surface area contributed by atoms with Crippen molar-refractivity contribution in [2.75, 3.05) is 44.3 Å². The van der Waals surface area contributed by atoms with Crippen LogP contribution in [0.25, 0.3) is 0 Å². The number of anilines is 1. The van der Waals surface area contributed by atoms with Gasteiger partial charge in [0, 0.05) is 68.0 Å². The molecule has 5 heterocycles. The summed E-state index contributed by atoms with van der Waals surface area (Å²) in [4.78, 5) is 23.0. The smallest absolute Gasteiger partial charge is 0.250 e. The number of likely N-dealkylation sites (tertiary alicyclic amines) is 1. The molecule has 6 nitrogen and oxygen atoms in total. The first-order valence-electron chi connectivity index (χ1n) is 9.46. The van der Waals surface area contributed by atoms with Crippen LogP contribution in [-0.4, -0.2) is 53.8 Å². The van der Waals surface area contributed by atoms with Crippen molar-refractivity contribution in [3.05, 3.63) is 45.3 Å². The maximum atomic E-state index is 12.1. The number of hydrogen-bond donors (Lipinski definition) is 0. The Kier molecular flexibility index (Phi) is 4.30. The fraction of sp³-hybridized carbons (Fsp3) is 0.579. The molecule has 2 saturated heterocycles. The molecule has 2 fully saturated rings. The van der Waals surface area contributed by atoms with Crippen LogP contribution in [0.2, 0.25) is 0 Å². The van der Waals surface area contributed by atoms with Gasteiger partial charge in [-0.05, 0) is 18.4 Å². The lowest BCUT2D eigenvalue weighted by atomic mass is 9.83. The summed E-state index contributed by atoms with van der Waals surface area (Å²) in [6, 6.07) is 5.73. The summed E-state index contributed by atoms with van der Waals surface area (Å²) in [5.41, 5.74) is 1.38. The number of aromatic nitrogens is 2. The Bertz CT molecular complexity index is 842. The number of fused-ring (bicyclic) bond motifs is 4. The molecule has 26 heavy (non-hydrogen) atoms. The second-order valence-electron chi connectivity index (χ2n) is 7.60. The predicted octanol–water partition coefficient (Wildman–Crippen LogP) is 1.76. The normalized spacial score (nSPS) is 25.9. The summed E-state index contributed by atoms with van der Waals surface area (Å²) < 4.78 is 7.43. The van der Waals surface area contributed by atoms with E-state index in [0.29, 0.717) is 11.8 Å². The minimum atomic E-state index is 0.156. The maximum absolute atomic E-state index is 12.1. The molecule has 0 aliphatic carbocycles. The van der Waals surface area contributed by atoms with Gasteiger partial charge in [-0.2, -0.15) is 0 Å². The van der Waals surface area contributed by atoms with E-state index in [1.165, 1.54) is 17.0 Å². The molecular weight excluding hydrogens is 348 g/mol. The molecular formula is C19H24N4O2S. The topological polar surface area (TPSA) is 50.6 Å². The molecule has 0 spiro atoms. The van der Waals surface area contributed by atoms with E-state index in [2.05, 4.69) is 20.9 Å². The largest absolute Gasteiger partial charge is 0.378 e. The highest BCUT2D eigenvalue weighted by molar-refractivity contribution is 7.15. The molecule has 0 amide bonds. The van der Waals surface area contributed by atoms with Crippen molar-refractivity contribution in [3.8, 4) is 0 Å². The number of nitrogens with zero attached hydrogens (tertiary/aromatic N) is 4. The second-order valence-corrected chi connectivity index (χ2v) is 8.69. The van der Waals surface area contributed by atoms with Gasteiger partial charge in [-0.25, -0.2) is 4.98 Å². The van der Waals surface area contributed by atoms with Crippen molar-refractivity contribution in [3.63, 3.8) is 0 Å². The fourth-order valence-corrected chi connectivity index (χ4v) is 5.62. The predicted molar refractivity (Wildman–Crippen MR) is 102 cm³/mol. The molecule has 2 aromatic rings. The summed E-state index contributed by atoms with van der Waals surface area (Å²) in [6.45, 7) is 7.40. The quantitative estimate of drug-likeness (QED) is 0.822. The first-order chi connectivity index (χ1) is 12.8. The van der Waals surface area contributed by atoms with E-state index in [-0.39, 0.29) is 5.56 Å². The molecule has 0 radical (unpaired) electrons. The third kappa shape index (κ3) is 3.08. The van der Waals surface area contributed by atoms with Gasteiger partial charge in [0.1, 0.15) is 0 Å². The lowest BCUT2D eigenvalue weighted by Gasteiger charge is -2.42. The Balaban J connectivity index is 1.29. The maximum Gasteiger partial charge on any atom is 0.250 e. The monoisotopic (exact) mass is 372 g/mol. The van der Waals surface area contributed by atoms with Crippen LogP contribution in [0.15, 0.2) is 29.2 Å². The third-order valence-electron chi connectivity index (χ3n) is 5.76. The van der Waals surface area contributed by atoms with E-state index in [1.54, 1.807) is 6.07 Å². The fourth-order valence-electron chi connectivity index (χ4n) is 4.62. The van der Waals surface area contributed by atoms with Gasteiger partial charge in [0.25, 0.3) is 5.56 Å². The minimum absolute atomic E-state index is 0.156. The number of piperidine rings is 1. The molecule has 7 heteroatoms. The Morgan fingerprint density at radius 1 is 1.19 bits per heavy atom. The molecule has 0 saturated carbocycles. The number of rotatable bonds is 3. The van der Waals surface area contributed by atoms with Crippen LogP contribution in [0.4, 0.5) is 5.13 Å². The third-order valence-corrected chi connectivity index (χ3v) is 6.80. The van der Waals surface area contributed by atoms with Crippen molar-refractivity contribution < 1.29 is 4.74 Å². The van der Waals surface area contributed by atoms with Crippen LogP contribution in [0.3, 0.4) is 0 Å². The zero-order valence-electron chi connectivity index (χ0n) is 14.8. The van der Waals surface area contributed by atoms with Crippen molar-refractivity contribution in [1.82, 2.24) is 14.5 Å². The number of hydrogen-bond acceptors (Lipinski definition) is 6. The van der Waals surface area contributed by atoms with Gasteiger partial charge in [-0.3, -0.25) is 9.69 Å². The molecule has 3 aliphatic heterocycles. The van der Waals surface area contributed by atoms with Crippen molar-refractivity contribution >= 4 is 16.5 Å². The summed E-state index contributed by atoms with van der Waals surface area (Å²) >= 11 is 1.81. The van der Waals surface area contributed by atoms with Crippen molar-refractivity contribution in [1.29, 1.82) is 0 Å². The van der Waals surface area contributed by atoms with Gasteiger partial charge < -0.3 is 14.2 Å². The van der Waals surface area contributed by atoms with Gasteiger partial charge in [-0.1, -0.05) is 6.07 Å². The number of thiazole rings is 1. The standard InChI is InChI=1S/C19H24N4O2S/c24-18-3-1-2-17-15-8-14(11-23(17)18)10-21(12-15)13-16-9-20-19(26-16)22-4-6-25-7-5-22/h1-3,9,14-15H,4-8,10-13H2/t14-,15-/m0/s1. The lowest BCUT2D eigenvalue weighted by Crippen LogP contribution is -2.46. The van der Waals surface area contributed by atoms with E-state index in [1.807, 2.05) is 28.2 Å². The summed E-state index contributed by atoms with van der Waals surface area (Å²) in [7, 11) is 0. The Hall–Kier alpha value is -1.70. The molecule has 0 N–H and O–H groups in total. The van der Waals surface area contributed by atoms with E-state index in [9.17, 15) is 4.79 Å². The zero-order chi connectivity index (χ0) is 17.5. The number of ether oxygens (including phenoxy) is 1. The van der Waals surface area contributed by atoms with E-state index in [4.69, 9.17) is 4.74 Å². The molecule has 5 rings (SSSR count). The van der Waals surface area contributed by atoms with E-state index in [0.717, 1.165) is 57.6 Å². The van der Waals surface area contributed by atoms with Gasteiger partial charge in [-0.15, -0.1) is 11.3 Å². The van der Waals surface area contributed by atoms with Crippen LogP contribution in [0, 0.1) is 5.92 Å². The van der Waals surface area contributed by atoms with Crippen LogP contribution < -0.4 is 10.5 Å². The van der Waals surface area contributed by atoms with Crippen LogP contribution in [0.1, 0.15) is 22.9 Å². The van der Waals surface area contributed by atoms with E-state index >= 15 is 0 Å². The van der Waals surface area contributed by atoms with Crippen LogP contribution in [-0.2, 0) is 17.8 Å². The van der Waals surface area contributed by atoms with Crippen LogP contribution >= 0.6 is 11.3 Å². The highest BCUT2D eigenvalue weighted by Crippen LogP contribution is 2.36. The van der Waals surface area contributed by atoms with Gasteiger partial charge in [0.15, 0.2) is 5.13 Å². The second kappa shape index (κ2) is 6.79.